The van der Waals surface area contributed by atoms with Crippen molar-refractivity contribution in [1.29, 1.82) is 0 Å². The average molecular weight is 639 g/mol. The maximum atomic E-state index is 14.7. The first-order valence-corrected chi connectivity index (χ1v) is 12.6. The smallest absolute Gasteiger partial charge is 0.326 e. The molecule has 3 N–H and O–H groups in total. The zero-order valence-electron chi connectivity index (χ0n) is 20.4. The lowest BCUT2D eigenvalue weighted by molar-refractivity contribution is -0.140. The van der Waals surface area contributed by atoms with Crippen LogP contribution in [0.4, 0.5) is 43.4 Å². The van der Waals surface area contributed by atoms with E-state index < -0.39 is 74.5 Å². The van der Waals surface area contributed by atoms with Crippen LogP contribution >= 0.6 is 34.8 Å². The molecule has 1 aliphatic carbocycles. The van der Waals surface area contributed by atoms with Gasteiger partial charge in [0.05, 0.1) is 27.8 Å². The van der Waals surface area contributed by atoms with E-state index in [4.69, 9.17) is 34.8 Å². The van der Waals surface area contributed by atoms with Gasteiger partial charge in [0.15, 0.2) is 5.82 Å². The minimum Gasteiger partial charge on any atom is -0.326 e. The Bertz CT molecular complexity index is 1580. The molecule has 2 atom stereocenters. The SMILES string of the molecule is CC(=O)Nc1ccc(F)c(NC(=O)c2cc(NC(=O)[C@H]3[C@H](c4ccc(F)c(C(F)(F)F)c4)C3(Cl)Cl)ccc2Cl)c1F. The van der Waals surface area contributed by atoms with E-state index in [1.54, 1.807) is 0 Å². The molecule has 3 aromatic rings. The number of amides is 3. The lowest BCUT2D eigenvalue weighted by Crippen LogP contribution is -2.19. The van der Waals surface area contributed by atoms with Gasteiger partial charge in [-0.2, -0.15) is 13.2 Å². The van der Waals surface area contributed by atoms with Gasteiger partial charge in [0.25, 0.3) is 5.91 Å². The molecule has 4 rings (SSSR count). The first kappa shape index (κ1) is 30.5. The van der Waals surface area contributed by atoms with Crippen LogP contribution in [0.3, 0.4) is 0 Å². The third-order valence-corrected chi connectivity index (χ3v) is 7.38. The van der Waals surface area contributed by atoms with Crippen LogP contribution in [0.5, 0.6) is 0 Å². The summed E-state index contributed by atoms with van der Waals surface area (Å²) in [5, 5.41) is 6.42. The molecule has 0 aliphatic heterocycles. The fourth-order valence-corrected chi connectivity index (χ4v) is 5.18. The van der Waals surface area contributed by atoms with Crippen LogP contribution in [0.2, 0.25) is 5.02 Å². The highest BCUT2D eigenvalue weighted by Gasteiger charge is 2.67. The van der Waals surface area contributed by atoms with Crippen molar-refractivity contribution >= 4 is 69.6 Å². The minimum absolute atomic E-state index is 0.0395. The van der Waals surface area contributed by atoms with Gasteiger partial charge in [-0.1, -0.05) is 17.7 Å². The van der Waals surface area contributed by atoms with Gasteiger partial charge in [-0.25, -0.2) is 13.2 Å². The lowest BCUT2D eigenvalue weighted by Gasteiger charge is -2.13. The van der Waals surface area contributed by atoms with E-state index in [0.717, 1.165) is 31.2 Å². The molecular formula is C26H16Cl3F6N3O3. The normalized spacial score (nSPS) is 17.5. The van der Waals surface area contributed by atoms with Crippen molar-refractivity contribution in [2.24, 2.45) is 5.92 Å². The highest BCUT2D eigenvalue weighted by Crippen LogP contribution is 2.65. The summed E-state index contributed by atoms with van der Waals surface area (Å²) in [6.45, 7) is 1.10. The second-order valence-electron chi connectivity index (χ2n) is 8.97. The van der Waals surface area contributed by atoms with Gasteiger partial charge in [-0.05, 0) is 48.0 Å². The Morgan fingerprint density at radius 3 is 2.17 bits per heavy atom. The predicted molar refractivity (Wildman–Crippen MR) is 141 cm³/mol. The average Bonchev–Trinajstić information content (AvgIpc) is 3.45. The van der Waals surface area contributed by atoms with E-state index in [-0.39, 0.29) is 21.8 Å². The van der Waals surface area contributed by atoms with Crippen molar-refractivity contribution in [3.05, 3.63) is 87.7 Å². The molecule has 0 aromatic heterocycles. The molecule has 216 valence electrons. The topological polar surface area (TPSA) is 87.3 Å². The Labute approximate surface area is 242 Å². The highest BCUT2D eigenvalue weighted by atomic mass is 35.5. The van der Waals surface area contributed by atoms with Crippen LogP contribution < -0.4 is 16.0 Å². The fraction of sp³-hybridized carbons (Fsp3) is 0.192. The van der Waals surface area contributed by atoms with Crippen LogP contribution in [0.1, 0.15) is 34.3 Å². The molecule has 0 heterocycles. The number of carbonyl (C=O) groups excluding carboxylic acids is 3. The van der Waals surface area contributed by atoms with Crippen LogP contribution in [0, 0.1) is 23.4 Å². The van der Waals surface area contributed by atoms with Crippen molar-refractivity contribution < 1.29 is 40.7 Å². The summed E-state index contributed by atoms with van der Waals surface area (Å²) in [7, 11) is 0. The number of anilines is 3. The number of rotatable bonds is 6. The number of alkyl halides is 5. The summed E-state index contributed by atoms with van der Waals surface area (Å²) in [5.74, 6) is -8.87. The van der Waals surface area contributed by atoms with Gasteiger partial charge >= 0.3 is 6.18 Å². The van der Waals surface area contributed by atoms with E-state index in [1.807, 2.05) is 5.32 Å². The van der Waals surface area contributed by atoms with Gasteiger partial charge in [0.1, 0.15) is 21.7 Å². The minimum atomic E-state index is -4.99. The largest absolute Gasteiger partial charge is 0.419 e. The molecule has 1 saturated carbocycles. The first-order valence-electron chi connectivity index (χ1n) is 11.4. The van der Waals surface area contributed by atoms with E-state index in [2.05, 4.69) is 10.6 Å². The Balaban J connectivity index is 1.54. The number of hydrogen-bond donors (Lipinski definition) is 3. The quantitative estimate of drug-likeness (QED) is 0.193. The number of nitrogens with one attached hydrogen (secondary N) is 3. The molecule has 41 heavy (non-hydrogen) atoms. The molecule has 1 fully saturated rings. The molecule has 0 unspecified atom stereocenters. The van der Waals surface area contributed by atoms with Gasteiger partial charge in [0.2, 0.25) is 11.8 Å². The summed E-state index contributed by atoms with van der Waals surface area (Å²) >= 11 is 18.5. The molecule has 6 nitrogen and oxygen atoms in total. The Morgan fingerprint density at radius 2 is 1.54 bits per heavy atom. The summed E-state index contributed by atoms with van der Waals surface area (Å²) in [6.07, 6.45) is -4.99. The van der Waals surface area contributed by atoms with Crippen molar-refractivity contribution in [1.82, 2.24) is 0 Å². The molecule has 1 aliphatic rings. The van der Waals surface area contributed by atoms with Gasteiger partial charge in [0, 0.05) is 18.5 Å². The van der Waals surface area contributed by atoms with Gasteiger partial charge in [-0.3, -0.25) is 14.4 Å². The second-order valence-corrected chi connectivity index (χ2v) is 10.8. The molecule has 0 bridgehead atoms. The van der Waals surface area contributed by atoms with Crippen molar-refractivity contribution in [2.75, 3.05) is 16.0 Å². The van der Waals surface area contributed by atoms with E-state index in [9.17, 15) is 40.7 Å². The third-order valence-electron chi connectivity index (χ3n) is 6.11. The molecule has 3 amide bonds. The molecule has 15 heteroatoms. The van der Waals surface area contributed by atoms with Gasteiger partial charge in [-0.15, -0.1) is 23.2 Å². The number of halogens is 9. The number of hydrogen-bond acceptors (Lipinski definition) is 3. The van der Waals surface area contributed by atoms with Crippen molar-refractivity contribution in [2.45, 2.75) is 23.4 Å². The number of carbonyl (C=O) groups is 3. The fourth-order valence-electron chi connectivity index (χ4n) is 4.15. The highest BCUT2D eigenvalue weighted by molar-refractivity contribution is 6.53. The zero-order valence-corrected chi connectivity index (χ0v) is 22.7. The summed E-state index contributed by atoms with van der Waals surface area (Å²) in [6, 6.07) is 7.47. The Hall–Kier alpha value is -3.48. The number of benzene rings is 3. The molecular weight excluding hydrogens is 623 g/mol. The predicted octanol–water partition coefficient (Wildman–Crippen LogP) is 7.51. The zero-order chi connectivity index (χ0) is 30.4. The molecule has 3 aromatic carbocycles. The summed E-state index contributed by atoms with van der Waals surface area (Å²) < 4.78 is 80.3. The molecule has 0 spiro atoms. The summed E-state index contributed by atoms with van der Waals surface area (Å²) in [4.78, 5) is 37.0. The maximum Gasteiger partial charge on any atom is 0.419 e. The van der Waals surface area contributed by atoms with E-state index >= 15 is 0 Å². The van der Waals surface area contributed by atoms with E-state index in [0.29, 0.717) is 12.1 Å². The molecule has 0 radical (unpaired) electrons. The van der Waals surface area contributed by atoms with Crippen LogP contribution in [0.15, 0.2) is 48.5 Å². The van der Waals surface area contributed by atoms with Crippen molar-refractivity contribution in [3.63, 3.8) is 0 Å². The Morgan fingerprint density at radius 1 is 0.878 bits per heavy atom. The monoisotopic (exact) mass is 637 g/mol. The first-order chi connectivity index (χ1) is 19.0. The van der Waals surface area contributed by atoms with Crippen LogP contribution in [-0.2, 0) is 15.8 Å². The Kier molecular flexibility index (Phi) is 8.23. The standard InChI is InChI=1S/C26H16Cl3F6N3O3/c1-10(39)36-18-7-6-17(31)22(21(18)32)38-23(40)13-9-12(3-4-15(13)27)37-24(41)20-19(25(20,28)29)11-2-5-16(30)14(8-11)26(33,34)35/h2-9,19-20H,1H3,(H,36,39)(H,37,41)(H,38,40)/t19-,20+/m0/s1. The summed E-state index contributed by atoms with van der Waals surface area (Å²) in [5.41, 5.74) is -3.30. The lowest BCUT2D eigenvalue weighted by atomic mass is 10.0. The van der Waals surface area contributed by atoms with Gasteiger partial charge < -0.3 is 16.0 Å². The third kappa shape index (κ3) is 6.24. The second kappa shape index (κ2) is 11.1. The van der Waals surface area contributed by atoms with Crippen molar-refractivity contribution in [3.8, 4) is 0 Å². The maximum absolute atomic E-state index is 14.7. The van der Waals surface area contributed by atoms with Crippen LogP contribution in [-0.4, -0.2) is 22.1 Å². The van der Waals surface area contributed by atoms with E-state index in [1.165, 1.54) is 12.1 Å². The molecule has 0 saturated heterocycles. The van der Waals surface area contributed by atoms with Crippen LogP contribution in [0.25, 0.3) is 0 Å².